The van der Waals surface area contributed by atoms with Crippen molar-refractivity contribution in [1.82, 2.24) is 0 Å². The average Bonchev–Trinajstić information content (AvgIpc) is 1.99. The quantitative estimate of drug-likeness (QED) is 0.696. The van der Waals surface area contributed by atoms with Crippen LogP contribution >= 0.6 is 0 Å². The van der Waals surface area contributed by atoms with Gasteiger partial charge in [-0.1, -0.05) is 12.1 Å². The second kappa shape index (κ2) is 4.04. The van der Waals surface area contributed by atoms with Crippen LogP contribution in [-0.2, 0) is 0 Å². The highest BCUT2D eigenvalue weighted by molar-refractivity contribution is 5.40. The summed E-state index contributed by atoms with van der Waals surface area (Å²) < 4.78 is 63.9. The SMILES string of the molecule is Cc1cccc(OC(F)(F)F)c1C(F)F. The molecular weight excluding hydrogens is 219 g/mol. The van der Waals surface area contributed by atoms with Crippen molar-refractivity contribution in [2.24, 2.45) is 0 Å². The first-order valence-electron chi connectivity index (χ1n) is 3.94. The Labute approximate surface area is 82.5 Å². The van der Waals surface area contributed by atoms with Crippen molar-refractivity contribution in [3.8, 4) is 5.75 Å². The van der Waals surface area contributed by atoms with Crippen molar-refractivity contribution < 1.29 is 26.7 Å². The number of alkyl halides is 5. The Hall–Kier alpha value is -1.33. The average molecular weight is 226 g/mol. The Morgan fingerprint density at radius 3 is 2.27 bits per heavy atom. The van der Waals surface area contributed by atoms with Gasteiger partial charge in [-0.15, -0.1) is 13.2 Å². The lowest BCUT2D eigenvalue weighted by molar-refractivity contribution is -0.275. The Kier molecular flexibility index (Phi) is 3.16. The van der Waals surface area contributed by atoms with E-state index in [1.807, 2.05) is 0 Å². The van der Waals surface area contributed by atoms with Gasteiger partial charge in [0.1, 0.15) is 5.75 Å². The highest BCUT2D eigenvalue weighted by atomic mass is 19.4. The zero-order valence-electron chi connectivity index (χ0n) is 7.61. The molecule has 0 unspecified atom stereocenters. The standard InChI is InChI=1S/C9H7F5O/c1-5-3-2-4-6(7(5)8(10)11)15-9(12,13)14/h2-4,8H,1H3. The maximum absolute atomic E-state index is 12.4. The van der Waals surface area contributed by atoms with Gasteiger partial charge in [0.25, 0.3) is 6.43 Å². The van der Waals surface area contributed by atoms with E-state index < -0.39 is 24.1 Å². The molecular formula is C9H7F5O. The minimum Gasteiger partial charge on any atom is -0.405 e. The zero-order chi connectivity index (χ0) is 11.6. The minimum absolute atomic E-state index is 0.0618. The van der Waals surface area contributed by atoms with E-state index in [1.54, 1.807) is 0 Å². The van der Waals surface area contributed by atoms with Gasteiger partial charge < -0.3 is 4.74 Å². The van der Waals surface area contributed by atoms with Crippen molar-refractivity contribution in [3.63, 3.8) is 0 Å². The molecule has 0 radical (unpaired) electrons. The summed E-state index contributed by atoms with van der Waals surface area (Å²) in [5.41, 5.74) is -0.665. The first-order chi connectivity index (χ1) is 6.81. The van der Waals surface area contributed by atoms with Crippen LogP contribution in [0.1, 0.15) is 17.6 Å². The predicted octanol–water partition coefficient (Wildman–Crippen LogP) is 3.83. The van der Waals surface area contributed by atoms with Crippen molar-refractivity contribution in [2.75, 3.05) is 0 Å². The van der Waals surface area contributed by atoms with E-state index in [9.17, 15) is 22.0 Å². The lowest BCUT2D eigenvalue weighted by atomic mass is 10.1. The Bertz CT molecular complexity index is 345. The van der Waals surface area contributed by atoms with Crippen LogP contribution in [0.5, 0.6) is 5.75 Å². The number of aryl methyl sites for hydroxylation is 1. The van der Waals surface area contributed by atoms with Gasteiger partial charge >= 0.3 is 6.36 Å². The third-order valence-electron chi connectivity index (χ3n) is 1.73. The van der Waals surface area contributed by atoms with E-state index in [-0.39, 0.29) is 5.56 Å². The van der Waals surface area contributed by atoms with Gasteiger partial charge in [-0.3, -0.25) is 0 Å². The summed E-state index contributed by atoms with van der Waals surface area (Å²) in [4.78, 5) is 0. The molecule has 0 spiro atoms. The normalized spacial score (nSPS) is 11.9. The van der Waals surface area contributed by atoms with Crippen LogP contribution in [0, 0.1) is 6.92 Å². The largest absolute Gasteiger partial charge is 0.573 e. The molecule has 0 aliphatic carbocycles. The molecule has 0 fully saturated rings. The van der Waals surface area contributed by atoms with E-state index >= 15 is 0 Å². The van der Waals surface area contributed by atoms with Gasteiger partial charge in [-0.05, 0) is 18.6 Å². The molecule has 1 nitrogen and oxygen atoms in total. The van der Waals surface area contributed by atoms with E-state index in [2.05, 4.69) is 4.74 Å². The molecule has 1 aromatic rings. The fourth-order valence-electron chi connectivity index (χ4n) is 1.15. The monoisotopic (exact) mass is 226 g/mol. The molecule has 0 saturated heterocycles. The van der Waals surface area contributed by atoms with Gasteiger partial charge in [0.15, 0.2) is 0 Å². The number of hydrogen-bond donors (Lipinski definition) is 0. The van der Waals surface area contributed by atoms with E-state index in [1.165, 1.54) is 19.1 Å². The van der Waals surface area contributed by atoms with Gasteiger partial charge in [0, 0.05) is 0 Å². The van der Waals surface area contributed by atoms with Crippen molar-refractivity contribution in [1.29, 1.82) is 0 Å². The highest BCUT2D eigenvalue weighted by Gasteiger charge is 2.33. The van der Waals surface area contributed by atoms with Gasteiger partial charge in [0.05, 0.1) is 5.56 Å². The summed E-state index contributed by atoms with van der Waals surface area (Å²) in [6.07, 6.45) is -7.96. The molecule has 0 aliphatic heterocycles. The summed E-state index contributed by atoms with van der Waals surface area (Å²) in [6, 6.07) is 3.38. The Morgan fingerprint density at radius 1 is 1.20 bits per heavy atom. The third kappa shape index (κ3) is 3.07. The van der Waals surface area contributed by atoms with Crippen molar-refractivity contribution >= 4 is 0 Å². The zero-order valence-corrected chi connectivity index (χ0v) is 7.61. The van der Waals surface area contributed by atoms with Crippen LogP contribution < -0.4 is 4.74 Å². The maximum atomic E-state index is 12.4. The molecule has 0 amide bonds. The van der Waals surface area contributed by atoms with Crippen molar-refractivity contribution in [2.45, 2.75) is 19.7 Å². The fraction of sp³-hybridized carbons (Fsp3) is 0.333. The van der Waals surface area contributed by atoms with Crippen LogP contribution in [0.15, 0.2) is 18.2 Å². The van der Waals surface area contributed by atoms with Gasteiger partial charge in [-0.2, -0.15) is 0 Å². The fourth-order valence-corrected chi connectivity index (χ4v) is 1.15. The molecule has 1 aromatic carbocycles. The summed E-state index contributed by atoms with van der Waals surface area (Å²) in [6.45, 7) is 1.30. The number of benzene rings is 1. The van der Waals surface area contributed by atoms with E-state index in [4.69, 9.17) is 0 Å². The Balaban J connectivity index is 3.12. The van der Waals surface area contributed by atoms with E-state index in [0.717, 1.165) is 6.07 Å². The molecule has 0 aromatic heterocycles. The van der Waals surface area contributed by atoms with Crippen LogP contribution in [0.25, 0.3) is 0 Å². The molecule has 1 rings (SSSR count). The summed E-state index contributed by atoms with van der Waals surface area (Å²) >= 11 is 0. The minimum atomic E-state index is -4.96. The molecule has 15 heavy (non-hydrogen) atoms. The first kappa shape index (κ1) is 11.7. The van der Waals surface area contributed by atoms with Gasteiger partial charge in [-0.25, -0.2) is 8.78 Å². The summed E-state index contributed by atoms with van der Waals surface area (Å²) in [5.74, 6) is -0.850. The molecule has 0 aliphatic rings. The number of halogens is 5. The number of hydrogen-bond acceptors (Lipinski definition) is 1. The lowest BCUT2D eigenvalue weighted by Crippen LogP contribution is -2.18. The van der Waals surface area contributed by atoms with Crippen LogP contribution in [-0.4, -0.2) is 6.36 Å². The number of ether oxygens (including phenoxy) is 1. The van der Waals surface area contributed by atoms with Crippen LogP contribution in [0.4, 0.5) is 22.0 Å². The molecule has 0 bridgehead atoms. The molecule has 0 heterocycles. The van der Waals surface area contributed by atoms with Crippen molar-refractivity contribution in [3.05, 3.63) is 29.3 Å². The maximum Gasteiger partial charge on any atom is 0.573 e. The summed E-state index contributed by atoms with van der Waals surface area (Å²) in [5, 5.41) is 0. The molecule has 6 heteroatoms. The second-order valence-electron chi connectivity index (χ2n) is 2.84. The summed E-state index contributed by atoms with van der Waals surface area (Å²) in [7, 11) is 0. The topological polar surface area (TPSA) is 9.23 Å². The lowest BCUT2D eigenvalue weighted by Gasteiger charge is -2.14. The first-order valence-corrected chi connectivity index (χ1v) is 3.94. The molecule has 0 N–H and O–H groups in total. The molecule has 0 atom stereocenters. The van der Waals surface area contributed by atoms with Crippen LogP contribution in [0.3, 0.4) is 0 Å². The number of rotatable bonds is 2. The van der Waals surface area contributed by atoms with Gasteiger partial charge in [0.2, 0.25) is 0 Å². The van der Waals surface area contributed by atoms with Crippen LogP contribution in [0.2, 0.25) is 0 Å². The van der Waals surface area contributed by atoms with E-state index in [0.29, 0.717) is 0 Å². The molecule has 0 saturated carbocycles. The third-order valence-corrected chi connectivity index (χ3v) is 1.73. The smallest absolute Gasteiger partial charge is 0.405 e. The second-order valence-corrected chi connectivity index (χ2v) is 2.84. The predicted molar refractivity (Wildman–Crippen MR) is 42.8 cm³/mol. The molecule has 84 valence electrons. The Morgan fingerprint density at radius 2 is 1.80 bits per heavy atom. The highest BCUT2D eigenvalue weighted by Crippen LogP contribution is 2.34.